The zero-order valence-electron chi connectivity index (χ0n) is 11.3. The second-order valence-corrected chi connectivity index (χ2v) is 4.45. The average molecular weight is 274 g/mol. The second-order valence-electron chi connectivity index (χ2n) is 4.45. The molecule has 0 fully saturated rings. The Morgan fingerprint density at radius 1 is 1.45 bits per heavy atom. The molecule has 0 saturated heterocycles. The quantitative estimate of drug-likeness (QED) is 0.777. The van der Waals surface area contributed by atoms with E-state index < -0.39 is 6.10 Å². The number of rotatable bonds is 5. The van der Waals surface area contributed by atoms with E-state index in [1.165, 1.54) is 0 Å². The zero-order chi connectivity index (χ0) is 14.4. The first-order chi connectivity index (χ1) is 9.65. The molecule has 3 N–H and O–H groups in total. The first-order valence-electron chi connectivity index (χ1n) is 6.45. The maximum Gasteiger partial charge on any atom is 0.319 e. The van der Waals surface area contributed by atoms with Gasteiger partial charge in [-0.05, 0) is 30.7 Å². The summed E-state index contributed by atoms with van der Waals surface area (Å²) in [7, 11) is 0. The minimum atomic E-state index is -0.556. The predicted molar refractivity (Wildman–Crippen MR) is 76.3 cm³/mol. The number of urea groups is 1. The molecule has 1 heterocycles. The van der Waals surface area contributed by atoms with Crippen LogP contribution in [0.1, 0.15) is 18.6 Å². The first-order valence-corrected chi connectivity index (χ1v) is 6.45. The molecule has 0 aliphatic carbocycles. The van der Waals surface area contributed by atoms with Crippen molar-refractivity contribution < 1.29 is 9.90 Å². The molecular weight excluding hydrogens is 256 g/mol. The minimum absolute atomic E-state index is 0.278. The van der Waals surface area contributed by atoms with Crippen molar-refractivity contribution in [1.82, 2.24) is 15.1 Å². The highest BCUT2D eigenvalue weighted by molar-refractivity contribution is 5.89. The summed E-state index contributed by atoms with van der Waals surface area (Å²) < 4.78 is 1.74. The van der Waals surface area contributed by atoms with Gasteiger partial charge in [0.25, 0.3) is 0 Å². The van der Waals surface area contributed by atoms with E-state index in [4.69, 9.17) is 0 Å². The van der Waals surface area contributed by atoms with Gasteiger partial charge in [-0.25, -0.2) is 4.79 Å². The molecule has 2 aromatic rings. The van der Waals surface area contributed by atoms with Crippen molar-refractivity contribution in [3.63, 3.8) is 0 Å². The molecule has 0 aliphatic heterocycles. The highest BCUT2D eigenvalue weighted by Gasteiger charge is 2.04. The molecule has 0 aliphatic rings. The van der Waals surface area contributed by atoms with Gasteiger partial charge in [0.1, 0.15) is 0 Å². The van der Waals surface area contributed by atoms with Gasteiger partial charge in [0.15, 0.2) is 0 Å². The van der Waals surface area contributed by atoms with Crippen LogP contribution in [-0.2, 0) is 6.54 Å². The van der Waals surface area contributed by atoms with Gasteiger partial charge in [0.2, 0.25) is 0 Å². The van der Waals surface area contributed by atoms with Crippen LogP contribution >= 0.6 is 0 Å². The molecule has 106 valence electrons. The Bertz CT molecular complexity index is 552. The van der Waals surface area contributed by atoms with Crippen LogP contribution in [0, 0.1) is 0 Å². The summed E-state index contributed by atoms with van der Waals surface area (Å²) in [6.07, 6.45) is 2.98. The number of benzene rings is 1. The van der Waals surface area contributed by atoms with Crippen molar-refractivity contribution in [3.05, 3.63) is 48.3 Å². The number of nitrogens with one attached hydrogen (secondary N) is 2. The van der Waals surface area contributed by atoms with Gasteiger partial charge >= 0.3 is 6.03 Å². The maximum absolute atomic E-state index is 11.7. The first kappa shape index (κ1) is 14.1. The van der Waals surface area contributed by atoms with Crippen molar-refractivity contribution in [3.8, 4) is 0 Å². The molecule has 1 unspecified atom stereocenters. The summed E-state index contributed by atoms with van der Waals surface area (Å²) >= 11 is 0. The molecule has 1 aromatic heterocycles. The van der Waals surface area contributed by atoms with E-state index in [1.54, 1.807) is 36.0 Å². The molecule has 0 bridgehead atoms. The molecule has 2 amide bonds. The molecule has 0 radical (unpaired) electrons. The van der Waals surface area contributed by atoms with E-state index in [0.29, 0.717) is 18.8 Å². The summed E-state index contributed by atoms with van der Waals surface area (Å²) in [6.45, 7) is 2.79. The van der Waals surface area contributed by atoms with Gasteiger partial charge in [0.05, 0.1) is 12.6 Å². The number of anilines is 1. The number of amides is 2. The highest BCUT2D eigenvalue weighted by Crippen LogP contribution is 2.16. The Morgan fingerprint density at radius 3 is 3.00 bits per heavy atom. The summed E-state index contributed by atoms with van der Waals surface area (Å²) in [5, 5.41) is 19.0. The fourth-order valence-corrected chi connectivity index (χ4v) is 1.77. The normalized spacial score (nSPS) is 11.9. The number of aliphatic hydroxyl groups excluding tert-OH is 1. The number of nitrogens with zero attached hydrogens (tertiary/aromatic N) is 2. The monoisotopic (exact) mass is 274 g/mol. The second kappa shape index (κ2) is 6.72. The lowest BCUT2D eigenvalue weighted by Crippen LogP contribution is -2.31. The molecular formula is C14H18N4O2. The smallest absolute Gasteiger partial charge is 0.319 e. The Morgan fingerprint density at radius 2 is 2.30 bits per heavy atom. The Kier molecular flexibility index (Phi) is 4.73. The maximum atomic E-state index is 11.7. The fraction of sp³-hybridized carbons (Fsp3) is 0.286. The topological polar surface area (TPSA) is 79.2 Å². The zero-order valence-corrected chi connectivity index (χ0v) is 11.3. The van der Waals surface area contributed by atoms with Gasteiger partial charge in [-0.2, -0.15) is 5.10 Å². The van der Waals surface area contributed by atoms with Gasteiger partial charge in [-0.1, -0.05) is 12.1 Å². The van der Waals surface area contributed by atoms with Gasteiger partial charge in [-0.15, -0.1) is 0 Å². The van der Waals surface area contributed by atoms with Crippen LogP contribution in [0.5, 0.6) is 0 Å². The van der Waals surface area contributed by atoms with Crippen molar-refractivity contribution in [1.29, 1.82) is 0 Å². The van der Waals surface area contributed by atoms with E-state index >= 15 is 0 Å². The van der Waals surface area contributed by atoms with Gasteiger partial charge in [-0.3, -0.25) is 4.68 Å². The third kappa shape index (κ3) is 4.10. The van der Waals surface area contributed by atoms with E-state index in [1.807, 2.05) is 18.3 Å². The Labute approximate surface area is 117 Å². The lowest BCUT2D eigenvalue weighted by atomic mass is 10.1. The van der Waals surface area contributed by atoms with Crippen LogP contribution in [0.3, 0.4) is 0 Å². The molecule has 0 spiro atoms. The average Bonchev–Trinajstić information content (AvgIpc) is 2.92. The van der Waals surface area contributed by atoms with Gasteiger partial charge < -0.3 is 15.7 Å². The number of hydrogen-bond donors (Lipinski definition) is 3. The largest absolute Gasteiger partial charge is 0.389 e. The van der Waals surface area contributed by atoms with Crippen LogP contribution in [0.2, 0.25) is 0 Å². The van der Waals surface area contributed by atoms with Crippen LogP contribution in [0.4, 0.5) is 10.5 Å². The third-order valence-electron chi connectivity index (χ3n) is 2.81. The van der Waals surface area contributed by atoms with Crippen molar-refractivity contribution >= 4 is 11.7 Å². The Balaban J connectivity index is 1.80. The number of hydrogen-bond acceptors (Lipinski definition) is 3. The number of aromatic nitrogens is 2. The summed E-state index contributed by atoms with van der Waals surface area (Å²) in [5.74, 6) is 0. The van der Waals surface area contributed by atoms with Crippen molar-refractivity contribution in [2.45, 2.75) is 19.6 Å². The van der Waals surface area contributed by atoms with E-state index in [9.17, 15) is 9.90 Å². The lowest BCUT2D eigenvalue weighted by molar-refractivity contribution is 0.199. The van der Waals surface area contributed by atoms with Crippen LogP contribution in [0.15, 0.2) is 42.7 Å². The lowest BCUT2D eigenvalue weighted by Gasteiger charge is -2.10. The molecule has 1 atom stereocenters. The standard InChI is InChI=1S/C14H18N4O2/c1-11(19)12-4-2-5-13(10-12)17-14(20)15-7-9-18-8-3-6-16-18/h2-6,8,10-11,19H,7,9H2,1H3,(H2,15,17,20). The van der Waals surface area contributed by atoms with E-state index in [2.05, 4.69) is 15.7 Å². The molecule has 0 saturated carbocycles. The van der Waals surface area contributed by atoms with Crippen LogP contribution < -0.4 is 10.6 Å². The summed E-state index contributed by atoms with van der Waals surface area (Å²) in [5.41, 5.74) is 1.42. The van der Waals surface area contributed by atoms with Crippen molar-refractivity contribution in [2.24, 2.45) is 0 Å². The van der Waals surface area contributed by atoms with Gasteiger partial charge in [0, 0.05) is 24.6 Å². The van der Waals surface area contributed by atoms with E-state index in [-0.39, 0.29) is 6.03 Å². The molecule has 20 heavy (non-hydrogen) atoms. The van der Waals surface area contributed by atoms with Crippen molar-refractivity contribution in [2.75, 3.05) is 11.9 Å². The molecule has 1 aromatic carbocycles. The highest BCUT2D eigenvalue weighted by atomic mass is 16.3. The number of aliphatic hydroxyl groups is 1. The predicted octanol–water partition coefficient (Wildman–Crippen LogP) is 1.76. The third-order valence-corrected chi connectivity index (χ3v) is 2.81. The number of carbonyl (C=O) groups excluding carboxylic acids is 1. The van der Waals surface area contributed by atoms with Crippen LogP contribution in [-0.4, -0.2) is 27.5 Å². The molecule has 6 heteroatoms. The van der Waals surface area contributed by atoms with E-state index in [0.717, 1.165) is 5.56 Å². The minimum Gasteiger partial charge on any atom is -0.389 e. The SMILES string of the molecule is CC(O)c1cccc(NC(=O)NCCn2cccn2)c1. The summed E-state index contributed by atoms with van der Waals surface area (Å²) in [4.78, 5) is 11.7. The molecule has 6 nitrogen and oxygen atoms in total. The number of carbonyl (C=O) groups is 1. The molecule has 2 rings (SSSR count). The summed E-state index contributed by atoms with van der Waals surface area (Å²) in [6, 6.07) is 8.69. The van der Waals surface area contributed by atoms with Crippen LogP contribution in [0.25, 0.3) is 0 Å². The Hall–Kier alpha value is -2.34. The fourth-order valence-electron chi connectivity index (χ4n) is 1.77.